The summed E-state index contributed by atoms with van der Waals surface area (Å²) in [5.74, 6) is 1.02. The summed E-state index contributed by atoms with van der Waals surface area (Å²) in [6, 6.07) is 6.56. The molecule has 1 aromatic carbocycles. The van der Waals surface area contributed by atoms with Crippen LogP contribution in [-0.2, 0) is 11.8 Å². The summed E-state index contributed by atoms with van der Waals surface area (Å²) >= 11 is 0. The number of nitrogens with one attached hydrogen (secondary N) is 1. The van der Waals surface area contributed by atoms with Crippen LogP contribution in [0.4, 0.5) is 0 Å². The van der Waals surface area contributed by atoms with Gasteiger partial charge < -0.3 is 10.1 Å². The summed E-state index contributed by atoms with van der Waals surface area (Å²) < 4.78 is 5.67. The average Bonchev–Trinajstić information content (AvgIpc) is 2.26. The zero-order valence-electron chi connectivity index (χ0n) is 11.8. The highest BCUT2D eigenvalue weighted by atomic mass is 16.5. The van der Waals surface area contributed by atoms with Gasteiger partial charge in [-0.1, -0.05) is 32.9 Å². The topological polar surface area (TPSA) is 21.3 Å². The molecule has 96 valence electrons. The van der Waals surface area contributed by atoms with Crippen molar-refractivity contribution >= 4 is 0 Å². The molecular formula is C15H25NO. The maximum Gasteiger partial charge on any atom is 0.122 e. The summed E-state index contributed by atoms with van der Waals surface area (Å²) in [4.78, 5) is 0. The molecule has 0 unspecified atom stereocenters. The van der Waals surface area contributed by atoms with Crippen molar-refractivity contribution < 1.29 is 4.74 Å². The Labute approximate surface area is 105 Å². The van der Waals surface area contributed by atoms with E-state index in [1.54, 1.807) is 0 Å². The summed E-state index contributed by atoms with van der Waals surface area (Å²) in [6.45, 7) is 10.5. The molecule has 0 saturated heterocycles. The number of rotatable bonds is 5. The van der Waals surface area contributed by atoms with Crippen molar-refractivity contribution in [3.8, 4) is 5.75 Å². The minimum absolute atomic E-state index is 0.194. The lowest BCUT2D eigenvalue weighted by Crippen LogP contribution is -2.14. The second-order valence-corrected chi connectivity index (χ2v) is 5.36. The molecule has 0 aliphatic carbocycles. The maximum atomic E-state index is 5.67. The standard InChI is InChI=1S/C15H25NO/c1-6-17-14-8-7-13(15(2,3)4)11-12(14)9-10-16-5/h7-8,11,16H,6,9-10H2,1-5H3. The van der Waals surface area contributed by atoms with Crippen LogP contribution >= 0.6 is 0 Å². The Hall–Kier alpha value is -1.02. The van der Waals surface area contributed by atoms with E-state index >= 15 is 0 Å². The van der Waals surface area contributed by atoms with Crippen LogP contribution in [-0.4, -0.2) is 20.2 Å². The van der Waals surface area contributed by atoms with Gasteiger partial charge in [0.1, 0.15) is 5.75 Å². The van der Waals surface area contributed by atoms with Crippen molar-refractivity contribution in [1.29, 1.82) is 0 Å². The van der Waals surface area contributed by atoms with Crippen LogP contribution < -0.4 is 10.1 Å². The summed E-state index contributed by atoms with van der Waals surface area (Å²) in [7, 11) is 1.98. The van der Waals surface area contributed by atoms with E-state index in [1.165, 1.54) is 11.1 Å². The van der Waals surface area contributed by atoms with Crippen LogP contribution in [0.15, 0.2) is 18.2 Å². The second kappa shape index (κ2) is 6.06. The van der Waals surface area contributed by atoms with Gasteiger partial charge in [0.25, 0.3) is 0 Å². The Kier molecular flexibility index (Phi) is 5.01. The van der Waals surface area contributed by atoms with E-state index in [0.717, 1.165) is 25.3 Å². The lowest BCUT2D eigenvalue weighted by Gasteiger charge is -2.21. The lowest BCUT2D eigenvalue weighted by atomic mass is 9.85. The Bertz CT molecular complexity index is 352. The fraction of sp³-hybridized carbons (Fsp3) is 0.600. The highest BCUT2D eigenvalue weighted by Gasteiger charge is 2.15. The second-order valence-electron chi connectivity index (χ2n) is 5.36. The van der Waals surface area contributed by atoms with Gasteiger partial charge in [-0.3, -0.25) is 0 Å². The van der Waals surface area contributed by atoms with Crippen molar-refractivity contribution in [2.75, 3.05) is 20.2 Å². The fourth-order valence-corrected chi connectivity index (χ4v) is 1.80. The molecule has 1 rings (SSSR count). The van der Waals surface area contributed by atoms with Crippen LogP contribution in [0.3, 0.4) is 0 Å². The Morgan fingerprint density at radius 1 is 1.24 bits per heavy atom. The zero-order valence-corrected chi connectivity index (χ0v) is 11.8. The van der Waals surface area contributed by atoms with Crippen molar-refractivity contribution in [3.63, 3.8) is 0 Å². The summed E-state index contributed by atoms with van der Waals surface area (Å²) in [5, 5.41) is 3.19. The van der Waals surface area contributed by atoms with E-state index in [1.807, 2.05) is 14.0 Å². The van der Waals surface area contributed by atoms with Crippen molar-refractivity contribution in [2.45, 2.75) is 39.5 Å². The Balaban J connectivity index is 3.01. The average molecular weight is 235 g/mol. The van der Waals surface area contributed by atoms with E-state index in [2.05, 4.69) is 44.3 Å². The van der Waals surface area contributed by atoms with E-state index in [-0.39, 0.29) is 5.41 Å². The number of hydrogen-bond donors (Lipinski definition) is 1. The van der Waals surface area contributed by atoms with Gasteiger partial charge in [-0.05, 0) is 49.5 Å². The Morgan fingerprint density at radius 3 is 2.47 bits per heavy atom. The highest BCUT2D eigenvalue weighted by molar-refractivity contribution is 5.40. The molecule has 0 bridgehead atoms. The molecule has 0 spiro atoms. The maximum absolute atomic E-state index is 5.67. The summed E-state index contributed by atoms with van der Waals surface area (Å²) in [5.41, 5.74) is 2.86. The molecule has 2 heteroatoms. The molecule has 0 heterocycles. The third kappa shape index (κ3) is 4.04. The van der Waals surface area contributed by atoms with Crippen LogP contribution in [0.1, 0.15) is 38.8 Å². The molecule has 0 aliphatic rings. The van der Waals surface area contributed by atoms with Gasteiger partial charge >= 0.3 is 0 Å². The quantitative estimate of drug-likeness (QED) is 0.846. The molecule has 0 amide bonds. The first-order valence-corrected chi connectivity index (χ1v) is 6.40. The van der Waals surface area contributed by atoms with Gasteiger partial charge in [0.2, 0.25) is 0 Å². The SMILES string of the molecule is CCOc1ccc(C(C)(C)C)cc1CCNC. The molecule has 0 atom stereocenters. The van der Waals surface area contributed by atoms with Crippen LogP contribution in [0.25, 0.3) is 0 Å². The van der Waals surface area contributed by atoms with Crippen LogP contribution in [0.5, 0.6) is 5.75 Å². The van der Waals surface area contributed by atoms with Gasteiger partial charge in [-0.2, -0.15) is 0 Å². The first-order chi connectivity index (χ1) is 7.99. The zero-order chi connectivity index (χ0) is 12.9. The van der Waals surface area contributed by atoms with Crippen molar-refractivity contribution in [1.82, 2.24) is 5.32 Å². The smallest absolute Gasteiger partial charge is 0.122 e. The van der Waals surface area contributed by atoms with E-state index in [0.29, 0.717) is 0 Å². The fourth-order valence-electron chi connectivity index (χ4n) is 1.80. The normalized spacial score (nSPS) is 11.6. The number of benzene rings is 1. The number of ether oxygens (including phenoxy) is 1. The monoisotopic (exact) mass is 235 g/mol. The highest BCUT2D eigenvalue weighted by Crippen LogP contribution is 2.28. The first kappa shape index (κ1) is 14.0. The van der Waals surface area contributed by atoms with Crippen LogP contribution in [0.2, 0.25) is 0 Å². The summed E-state index contributed by atoms with van der Waals surface area (Å²) in [6.07, 6.45) is 1.01. The van der Waals surface area contributed by atoms with E-state index in [9.17, 15) is 0 Å². The van der Waals surface area contributed by atoms with Crippen LogP contribution in [0, 0.1) is 0 Å². The third-order valence-corrected chi connectivity index (χ3v) is 2.87. The minimum Gasteiger partial charge on any atom is -0.494 e. The molecular weight excluding hydrogens is 210 g/mol. The molecule has 2 nitrogen and oxygen atoms in total. The van der Waals surface area contributed by atoms with Gasteiger partial charge in [0.05, 0.1) is 6.61 Å². The minimum atomic E-state index is 0.194. The third-order valence-electron chi connectivity index (χ3n) is 2.87. The number of likely N-dealkylation sites (N-methyl/N-ethyl adjacent to an activating group) is 1. The molecule has 0 saturated carbocycles. The van der Waals surface area contributed by atoms with Crippen molar-refractivity contribution in [3.05, 3.63) is 29.3 Å². The Morgan fingerprint density at radius 2 is 1.94 bits per heavy atom. The first-order valence-electron chi connectivity index (χ1n) is 6.40. The molecule has 1 N–H and O–H groups in total. The van der Waals surface area contributed by atoms with E-state index in [4.69, 9.17) is 4.74 Å². The molecule has 0 aliphatic heterocycles. The van der Waals surface area contributed by atoms with Gasteiger partial charge in [0, 0.05) is 0 Å². The predicted molar refractivity (Wildman–Crippen MR) is 73.9 cm³/mol. The molecule has 1 aromatic rings. The van der Waals surface area contributed by atoms with Gasteiger partial charge in [0.15, 0.2) is 0 Å². The van der Waals surface area contributed by atoms with Crippen molar-refractivity contribution in [2.24, 2.45) is 0 Å². The molecule has 17 heavy (non-hydrogen) atoms. The van der Waals surface area contributed by atoms with E-state index < -0.39 is 0 Å². The van der Waals surface area contributed by atoms with Gasteiger partial charge in [-0.25, -0.2) is 0 Å². The lowest BCUT2D eigenvalue weighted by molar-refractivity contribution is 0.336. The molecule has 0 fully saturated rings. The number of hydrogen-bond acceptors (Lipinski definition) is 2. The molecule has 0 aromatic heterocycles. The largest absolute Gasteiger partial charge is 0.494 e. The molecule has 0 radical (unpaired) electrons. The van der Waals surface area contributed by atoms with Gasteiger partial charge in [-0.15, -0.1) is 0 Å². The predicted octanol–water partition coefficient (Wildman–Crippen LogP) is 3.14.